The Kier molecular flexibility index (Phi) is 5.80. The van der Waals surface area contributed by atoms with Crippen LogP contribution in [-0.4, -0.2) is 36.1 Å². The number of likely N-dealkylation sites (N-methyl/N-ethyl adjacent to an activating group) is 1. The maximum atomic E-state index is 12.1. The van der Waals surface area contributed by atoms with Crippen LogP contribution < -0.4 is 5.32 Å². The minimum Gasteiger partial charge on any atom is -0.466 e. The van der Waals surface area contributed by atoms with E-state index in [2.05, 4.69) is 5.32 Å². The molecule has 1 aromatic heterocycles. The lowest BCUT2D eigenvalue weighted by atomic mass is 9.96. The highest BCUT2D eigenvalue weighted by Gasteiger charge is 2.28. The first-order valence-electron chi connectivity index (χ1n) is 8.07. The molecule has 5 nitrogen and oxygen atoms in total. The molecule has 1 unspecified atom stereocenters. The molecule has 2 aromatic rings. The summed E-state index contributed by atoms with van der Waals surface area (Å²) in [6.45, 7) is 6.44. The van der Waals surface area contributed by atoms with Crippen LogP contribution in [0.2, 0.25) is 0 Å². The van der Waals surface area contributed by atoms with Crippen molar-refractivity contribution in [3.8, 4) is 0 Å². The van der Waals surface area contributed by atoms with Crippen molar-refractivity contribution in [2.75, 3.05) is 20.1 Å². The van der Waals surface area contributed by atoms with Crippen LogP contribution in [0.4, 0.5) is 0 Å². The third kappa shape index (κ3) is 4.94. The van der Waals surface area contributed by atoms with Gasteiger partial charge in [0.2, 0.25) is 5.91 Å². The van der Waals surface area contributed by atoms with Gasteiger partial charge < -0.3 is 14.8 Å². The molecule has 0 aliphatic carbocycles. The van der Waals surface area contributed by atoms with E-state index in [-0.39, 0.29) is 19.0 Å². The van der Waals surface area contributed by atoms with Crippen LogP contribution in [-0.2, 0) is 16.9 Å². The fraction of sp³-hybridized carbons (Fsp3) is 0.421. The van der Waals surface area contributed by atoms with Crippen molar-refractivity contribution in [2.45, 2.75) is 32.9 Å². The number of hydrogen-bond acceptors (Lipinski definition) is 4. The number of rotatable bonds is 7. The Morgan fingerprint density at radius 1 is 1.29 bits per heavy atom. The number of nitrogens with zero attached hydrogens (tertiary/aromatic N) is 1. The van der Waals surface area contributed by atoms with Crippen molar-refractivity contribution >= 4 is 5.91 Å². The molecule has 2 N–H and O–H groups in total. The zero-order valence-electron chi connectivity index (χ0n) is 14.8. The van der Waals surface area contributed by atoms with Gasteiger partial charge in [-0.15, -0.1) is 0 Å². The molecular weight excluding hydrogens is 304 g/mol. The normalized spacial score (nSPS) is 13.8. The van der Waals surface area contributed by atoms with E-state index in [4.69, 9.17) is 4.42 Å². The van der Waals surface area contributed by atoms with Gasteiger partial charge in [0.15, 0.2) is 0 Å². The van der Waals surface area contributed by atoms with Crippen molar-refractivity contribution < 1.29 is 14.3 Å². The number of aryl methyl sites for hydroxylation is 2. The molecule has 5 heteroatoms. The van der Waals surface area contributed by atoms with Crippen molar-refractivity contribution in [2.24, 2.45) is 0 Å². The van der Waals surface area contributed by atoms with Crippen molar-refractivity contribution in [3.63, 3.8) is 0 Å². The molecule has 1 atom stereocenters. The van der Waals surface area contributed by atoms with Crippen LogP contribution in [0, 0.1) is 13.8 Å². The second kappa shape index (κ2) is 7.64. The van der Waals surface area contributed by atoms with Gasteiger partial charge in [0, 0.05) is 12.1 Å². The average molecular weight is 330 g/mol. The Morgan fingerprint density at radius 3 is 2.54 bits per heavy atom. The second-order valence-electron chi connectivity index (χ2n) is 6.54. The molecule has 0 saturated carbocycles. The molecule has 2 rings (SSSR count). The van der Waals surface area contributed by atoms with Gasteiger partial charge in [-0.2, -0.15) is 0 Å². The van der Waals surface area contributed by atoms with Crippen LogP contribution in [0.5, 0.6) is 0 Å². The van der Waals surface area contributed by atoms with Gasteiger partial charge in [0.25, 0.3) is 0 Å². The number of amides is 1. The molecule has 0 fully saturated rings. The summed E-state index contributed by atoms with van der Waals surface area (Å²) in [6, 6.07) is 11.8. The van der Waals surface area contributed by atoms with E-state index in [1.54, 1.807) is 6.92 Å². The fourth-order valence-electron chi connectivity index (χ4n) is 2.78. The minimum atomic E-state index is -1.16. The van der Waals surface area contributed by atoms with Crippen LogP contribution in [0.1, 0.15) is 29.6 Å². The largest absolute Gasteiger partial charge is 0.466 e. The minimum absolute atomic E-state index is 0.119. The van der Waals surface area contributed by atoms with Gasteiger partial charge >= 0.3 is 0 Å². The van der Waals surface area contributed by atoms with Gasteiger partial charge in [-0.05, 0) is 39.4 Å². The SMILES string of the molecule is Cc1cc(C(C)(O)CNC(=O)CN(C)Cc2ccccc2)c(C)o1. The predicted octanol–water partition coefficient (Wildman–Crippen LogP) is 2.35. The smallest absolute Gasteiger partial charge is 0.234 e. The van der Waals surface area contributed by atoms with E-state index in [0.29, 0.717) is 17.9 Å². The summed E-state index contributed by atoms with van der Waals surface area (Å²) >= 11 is 0. The lowest BCUT2D eigenvalue weighted by Crippen LogP contribution is -2.42. The molecule has 0 saturated heterocycles. The van der Waals surface area contributed by atoms with Crippen LogP contribution in [0.25, 0.3) is 0 Å². The van der Waals surface area contributed by atoms with Gasteiger partial charge in [-0.3, -0.25) is 9.69 Å². The molecule has 0 spiro atoms. The fourth-order valence-corrected chi connectivity index (χ4v) is 2.78. The maximum absolute atomic E-state index is 12.1. The Bertz CT molecular complexity index is 677. The first kappa shape index (κ1) is 18.2. The summed E-state index contributed by atoms with van der Waals surface area (Å²) < 4.78 is 5.46. The first-order chi connectivity index (χ1) is 11.3. The number of carbonyl (C=O) groups excluding carboxylic acids is 1. The summed E-state index contributed by atoms with van der Waals surface area (Å²) in [4.78, 5) is 14.1. The molecule has 1 heterocycles. The van der Waals surface area contributed by atoms with Crippen LogP contribution >= 0.6 is 0 Å². The Hall–Kier alpha value is -2.11. The predicted molar refractivity (Wildman–Crippen MR) is 93.5 cm³/mol. The van der Waals surface area contributed by atoms with Crippen LogP contribution in [0.3, 0.4) is 0 Å². The quantitative estimate of drug-likeness (QED) is 0.818. The lowest BCUT2D eigenvalue weighted by molar-refractivity contribution is -0.123. The van der Waals surface area contributed by atoms with Crippen molar-refractivity contribution in [3.05, 3.63) is 59.0 Å². The van der Waals surface area contributed by atoms with Crippen molar-refractivity contribution in [1.29, 1.82) is 0 Å². The lowest BCUT2D eigenvalue weighted by Gasteiger charge is -2.24. The number of carbonyl (C=O) groups is 1. The number of benzene rings is 1. The summed E-state index contributed by atoms with van der Waals surface area (Å²) in [6.07, 6.45) is 0. The van der Waals surface area contributed by atoms with Gasteiger partial charge in [0.05, 0.1) is 13.1 Å². The molecule has 0 bridgehead atoms. The molecule has 0 radical (unpaired) electrons. The highest BCUT2D eigenvalue weighted by molar-refractivity contribution is 5.78. The number of aliphatic hydroxyl groups is 1. The van der Waals surface area contributed by atoms with Crippen molar-refractivity contribution in [1.82, 2.24) is 10.2 Å². The van der Waals surface area contributed by atoms with Crippen LogP contribution in [0.15, 0.2) is 40.8 Å². The molecular formula is C19H26N2O3. The summed E-state index contributed by atoms with van der Waals surface area (Å²) in [5.41, 5.74) is 0.706. The molecule has 0 aliphatic rings. The third-order valence-electron chi connectivity index (χ3n) is 3.96. The highest BCUT2D eigenvalue weighted by Crippen LogP contribution is 2.26. The van der Waals surface area contributed by atoms with E-state index in [1.807, 2.05) is 62.2 Å². The summed E-state index contributed by atoms with van der Waals surface area (Å²) in [7, 11) is 1.90. The maximum Gasteiger partial charge on any atom is 0.234 e. The highest BCUT2D eigenvalue weighted by atomic mass is 16.3. The van der Waals surface area contributed by atoms with Gasteiger partial charge in [-0.1, -0.05) is 30.3 Å². The van der Waals surface area contributed by atoms with E-state index < -0.39 is 5.60 Å². The zero-order valence-corrected chi connectivity index (χ0v) is 14.8. The molecule has 0 aliphatic heterocycles. The number of hydrogen-bond donors (Lipinski definition) is 2. The summed E-state index contributed by atoms with van der Waals surface area (Å²) in [5, 5.41) is 13.4. The second-order valence-corrected chi connectivity index (χ2v) is 6.54. The number of nitrogens with one attached hydrogen (secondary N) is 1. The zero-order chi connectivity index (χ0) is 17.7. The molecule has 1 amide bonds. The van der Waals surface area contributed by atoms with E-state index in [0.717, 1.165) is 11.3 Å². The topological polar surface area (TPSA) is 65.7 Å². The Morgan fingerprint density at radius 2 is 1.96 bits per heavy atom. The summed E-state index contributed by atoms with van der Waals surface area (Å²) in [5.74, 6) is 1.30. The molecule has 1 aromatic carbocycles. The number of furan rings is 1. The van der Waals surface area contributed by atoms with Gasteiger partial charge in [-0.25, -0.2) is 0 Å². The average Bonchev–Trinajstić information content (AvgIpc) is 2.86. The third-order valence-corrected chi connectivity index (χ3v) is 3.96. The van der Waals surface area contributed by atoms with E-state index >= 15 is 0 Å². The molecule has 130 valence electrons. The van der Waals surface area contributed by atoms with Gasteiger partial charge in [0.1, 0.15) is 17.1 Å². The monoisotopic (exact) mass is 330 g/mol. The van der Waals surface area contributed by atoms with E-state index in [9.17, 15) is 9.90 Å². The Balaban J connectivity index is 1.85. The molecule has 24 heavy (non-hydrogen) atoms. The standard InChI is InChI=1S/C19H26N2O3/c1-14-10-17(15(2)24-14)19(3,23)13-20-18(22)12-21(4)11-16-8-6-5-7-9-16/h5-10,23H,11-13H2,1-4H3,(H,20,22). The first-order valence-corrected chi connectivity index (χ1v) is 8.07. The van der Waals surface area contributed by atoms with E-state index in [1.165, 1.54) is 0 Å². The Labute approximate surface area is 143 Å².